The molecule has 1 fully saturated rings. The molecule has 4 heteroatoms. The Bertz CT molecular complexity index is 274. The Kier molecular flexibility index (Phi) is 2.07. The van der Waals surface area contributed by atoms with Gasteiger partial charge in [0.15, 0.2) is 0 Å². The Morgan fingerprint density at radius 3 is 2.92 bits per heavy atom. The molecule has 1 saturated carbocycles. The minimum Gasteiger partial charge on any atom is -0.391 e. The van der Waals surface area contributed by atoms with Gasteiger partial charge in [0.05, 0.1) is 18.3 Å². The van der Waals surface area contributed by atoms with E-state index in [0.29, 0.717) is 5.15 Å². The van der Waals surface area contributed by atoms with Crippen LogP contribution in [0.1, 0.15) is 25.3 Å². The van der Waals surface area contributed by atoms with Crippen molar-refractivity contribution in [2.75, 3.05) is 0 Å². The van der Waals surface area contributed by atoms with Crippen LogP contribution in [0.4, 0.5) is 0 Å². The first-order valence-electron chi connectivity index (χ1n) is 4.16. The second-order valence-corrected chi connectivity index (χ2v) is 3.55. The summed E-state index contributed by atoms with van der Waals surface area (Å²) in [5.74, 6) is 0. The Labute approximate surface area is 76.0 Å². The quantitative estimate of drug-likeness (QED) is 0.724. The lowest BCUT2D eigenvalue weighted by atomic mass is 10.2. The molecule has 1 aliphatic rings. The molecule has 2 rings (SSSR count). The second-order valence-electron chi connectivity index (χ2n) is 3.16. The molecule has 1 aliphatic carbocycles. The fourth-order valence-corrected chi connectivity index (χ4v) is 1.97. The largest absolute Gasteiger partial charge is 0.391 e. The van der Waals surface area contributed by atoms with Crippen molar-refractivity contribution in [2.24, 2.45) is 0 Å². The molecular formula is C8H11ClN2O. The van der Waals surface area contributed by atoms with Crippen LogP contribution in [0.3, 0.4) is 0 Å². The van der Waals surface area contributed by atoms with E-state index >= 15 is 0 Å². The van der Waals surface area contributed by atoms with Gasteiger partial charge in [-0.05, 0) is 25.3 Å². The van der Waals surface area contributed by atoms with Crippen molar-refractivity contribution in [3.05, 3.63) is 17.4 Å². The Morgan fingerprint density at radius 1 is 1.58 bits per heavy atom. The van der Waals surface area contributed by atoms with Gasteiger partial charge in [0, 0.05) is 0 Å². The summed E-state index contributed by atoms with van der Waals surface area (Å²) in [7, 11) is 0. The third-order valence-corrected chi connectivity index (χ3v) is 2.68. The number of rotatable bonds is 1. The van der Waals surface area contributed by atoms with Crippen LogP contribution in [0.5, 0.6) is 0 Å². The molecule has 0 radical (unpaired) electrons. The maximum absolute atomic E-state index is 9.57. The monoisotopic (exact) mass is 186 g/mol. The van der Waals surface area contributed by atoms with Gasteiger partial charge >= 0.3 is 0 Å². The summed E-state index contributed by atoms with van der Waals surface area (Å²) in [4.78, 5) is 0. The molecule has 1 aromatic rings. The van der Waals surface area contributed by atoms with Gasteiger partial charge in [-0.1, -0.05) is 11.6 Å². The van der Waals surface area contributed by atoms with Crippen molar-refractivity contribution in [2.45, 2.75) is 31.4 Å². The van der Waals surface area contributed by atoms with Gasteiger partial charge in [-0.3, -0.25) is 0 Å². The van der Waals surface area contributed by atoms with E-state index in [-0.39, 0.29) is 12.1 Å². The topological polar surface area (TPSA) is 38.0 Å². The van der Waals surface area contributed by atoms with E-state index in [2.05, 4.69) is 5.10 Å². The summed E-state index contributed by atoms with van der Waals surface area (Å²) in [6.07, 6.45) is 4.28. The van der Waals surface area contributed by atoms with E-state index < -0.39 is 0 Å². The van der Waals surface area contributed by atoms with E-state index in [1.54, 1.807) is 16.9 Å². The highest BCUT2D eigenvalue weighted by Crippen LogP contribution is 2.31. The molecule has 2 unspecified atom stereocenters. The number of nitrogens with zero attached hydrogens (tertiary/aromatic N) is 2. The SMILES string of the molecule is OC1CCCC1n1nccc1Cl. The molecule has 1 aromatic heterocycles. The number of hydrogen-bond acceptors (Lipinski definition) is 2. The summed E-state index contributed by atoms with van der Waals surface area (Å²) in [6.45, 7) is 0. The predicted molar refractivity (Wildman–Crippen MR) is 46.1 cm³/mol. The normalized spacial score (nSPS) is 29.5. The molecule has 0 amide bonds. The highest BCUT2D eigenvalue weighted by molar-refractivity contribution is 6.29. The molecule has 0 bridgehead atoms. The highest BCUT2D eigenvalue weighted by Gasteiger charge is 2.28. The molecule has 0 spiro atoms. The number of aliphatic hydroxyl groups excluding tert-OH is 1. The first-order chi connectivity index (χ1) is 5.79. The van der Waals surface area contributed by atoms with Gasteiger partial charge in [0.2, 0.25) is 0 Å². The van der Waals surface area contributed by atoms with E-state index in [1.165, 1.54) is 0 Å². The van der Waals surface area contributed by atoms with Gasteiger partial charge in [-0.2, -0.15) is 5.10 Å². The second kappa shape index (κ2) is 3.07. The summed E-state index contributed by atoms with van der Waals surface area (Å²) < 4.78 is 1.71. The van der Waals surface area contributed by atoms with Gasteiger partial charge < -0.3 is 5.11 Å². The zero-order valence-electron chi connectivity index (χ0n) is 6.65. The van der Waals surface area contributed by atoms with Crippen molar-refractivity contribution < 1.29 is 5.11 Å². The molecule has 66 valence electrons. The molecule has 0 saturated heterocycles. The maximum atomic E-state index is 9.57. The third-order valence-electron chi connectivity index (χ3n) is 2.38. The molecule has 2 atom stereocenters. The fraction of sp³-hybridized carbons (Fsp3) is 0.625. The highest BCUT2D eigenvalue weighted by atomic mass is 35.5. The fourth-order valence-electron chi connectivity index (χ4n) is 1.75. The molecule has 3 nitrogen and oxygen atoms in total. The Hall–Kier alpha value is -0.540. The average molecular weight is 187 g/mol. The first-order valence-corrected chi connectivity index (χ1v) is 4.54. The lowest BCUT2D eigenvalue weighted by molar-refractivity contribution is 0.130. The molecule has 0 aliphatic heterocycles. The molecular weight excluding hydrogens is 176 g/mol. The van der Waals surface area contributed by atoms with E-state index in [0.717, 1.165) is 19.3 Å². The van der Waals surface area contributed by atoms with Gasteiger partial charge in [0.25, 0.3) is 0 Å². The number of halogens is 1. The summed E-state index contributed by atoms with van der Waals surface area (Å²) in [5.41, 5.74) is 0. The Balaban J connectivity index is 2.24. The van der Waals surface area contributed by atoms with Gasteiger partial charge in [-0.15, -0.1) is 0 Å². The molecule has 0 aromatic carbocycles. The van der Waals surface area contributed by atoms with E-state index in [1.807, 2.05) is 0 Å². The average Bonchev–Trinajstić information content (AvgIpc) is 2.59. The lowest BCUT2D eigenvalue weighted by Gasteiger charge is -2.15. The third kappa shape index (κ3) is 1.23. The summed E-state index contributed by atoms with van der Waals surface area (Å²) in [6, 6.07) is 1.83. The first kappa shape index (κ1) is 8.08. The van der Waals surface area contributed by atoms with Crippen LogP contribution in [0.25, 0.3) is 0 Å². The van der Waals surface area contributed by atoms with Gasteiger partial charge in [-0.25, -0.2) is 4.68 Å². The number of aromatic nitrogens is 2. The zero-order valence-corrected chi connectivity index (χ0v) is 7.41. The lowest BCUT2D eigenvalue weighted by Crippen LogP contribution is -2.19. The van der Waals surface area contributed by atoms with E-state index in [4.69, 9.17) is 11.6 Å². The van der Waals surface area contributed by atoms with Crippen molar-refractivity contribution in [1.29, 1.82) is 0 Å². The van der Waals surface area contributed by atoms with Crippen LogP contribution >= 0.6 is 11.6 Å². The zero-order chi connectivity index (χ0) is 8.55. The number of aliphatic hydroxyl groups is 1. The molecule has 1 N–H and O–H groups in total. The maximum Gasteiger partial charge on any atom is 0.127 e. The minimum absolute atomic E-state index is 0.0903. The van der Waals surface area contributed by atoms with Crippen molar-refractivity contribution in [1.82, 2.24) is 9.78 Å². The van der Waals surface area contributed by atoms with Crippen molar-refractivity contribution in [3.63, 3.8) is 0 Å². The van der Waals surface area contributed by atoms with Crippen LogP contribution in [0, 0.1) is 0 Å². The summed E-state index contributed by atoms with van der Waals surface area (Å²) >= 11 is 5.87. The standard InChI is InChI=1S/C8H11ClN2O/c9-8-4-5-10-11(8)6-2-1-3-7(6)12/h4-7,12H,1-3H2. The van der Waals surface area contributed by atoms with E-state index in [9.17, 15) is 5.11 Å². The molecule has 12 heavy (non-hydrogen) atoms. The number of hydrogen-bond donors (Lipinski definition) is 1. The van der Waals surface area contributed by atoms with Crippen LogP contribution in [-0.4, -0.2) is 21.0 Å². The van der Waals surface area contributed by atoms with Crippen LogP contribution in [-0.2, 0) is 0 Å². The van der Waals surface area contributed by atoms with Crippen LogP contribution < -0.4 is 0 Å². The summed E-state index contributed by atoms with van der Waals surface area (Å²) in [5, 5.41) is 14.3. The van der Waals surface area contributed by atoms with Crippen LogP contribution in [0.2, 0.25) is 5.15 Å². The van der Waals surface area contributed by atoms with Crippen molar-refractivity contribution in [3.8, 4) is 0 Å². The van der Waals surface area contributed by atoms with Gasteiger partial charge in [0.1, 0.15) is 5.15 Å². The predicted octanol–water partition coefficient (Wildman–Crippen LogP) is 1.62. The smallest absolute Gasteiger partial charge is 0.127 e. The van der Waals surface area contributed by atoms with Crippen LogP contribution in [0.15, 0.2) is 12.3 Å². The molecule has 1 heterocycles. The van der Waals surface area contributed by atoms with Crippen molar-refractivity contribution >= 4 is 11.6 Å². The Morgan fingerprint density at radius 2 is 2.42 bits per heavy atom. The minimum atomic E-state index is -0.276.